The SMILES string of the molecule is O=C(Cn1cnc2ccccc21)N1CCC(n2nccn2)CC1. The van der Waals surface area contributed by atoms with Gasteiger partial charge in [0.1, 0.15) is 6.54 Å². The Labute approximate surface area is 133 Å². The second-order valence-electron chi connectivity index (χ2n) is 5.82. The highest BCUT2D eigenvalue weighted by molar-refractivity contribution is 5.80. The molecule has 1 amide bonds. The molecule has 3 heterocycles. The highest BCUT2D eigenvalue weighted by atomic mass is 16.2. The van der Waals surface area contributed by atoms with Crippen molar-refractivity contribution < 1.29 is 4.79 Å². The van der Waals surface area contributed by atoms with Crippen LogP contribution in [0.1, 0.15) is 18.9 Å². The van der Waals surface area contributed by atoms with Crippen molar-refractivity contribution in [1.29, 1.82) is 0 Å². The normalized spacial score (nSPS) is 16.1. The zero-order valence-corrected chi connectivity index (χ0v) is 12.7. The summed E-state index contributed by atoms with van der Waals surface area (Å²) in [6, 6.07) is 8.16. The van der Waals surface area contributed by atoms with E-state index in [1.807, 2.05) is 33.7 Å². The average molecular weight is 310 g/mol. The third kappa shape index (κ3) is 2.69. The third-order valence-corrected chi connectivity index (χ3v) is 4.41. The first-order valence-electron chi connectivity index (χ1n) is 7.85. The number of nitrogens with zero attached hydrogens (tertiary/aromatic N) is 6. The zero-order chi connectivity index (χ0) is 15.6. The summed E-state index contributed by atoms with van der Waals surface area (Å²) in [5, 5.41) is 8.39. The Bertz CT molecular complexity index is 801. The van der Waals surface area contributed by atoms with E-state index < -0.39 is 0 Å². The largest absolute Gasteiger partial charge is 0.341 e. The van der Waals surface area contributed by atoms with Crippen molar-refractivity contribution in [3.05, 3.63) is 43.0 Å². The van der Waals surface area contributed by atoms with Gasteiger partial charge >= 0.3 is 0 Å². The number of hydrogen-bond acceptors (Lipinski definition) is 4. The molecular formula is C16H18N6O. The van der Waals surface area contributed by atoms with Crippen LogP contribution in [0.5, 0.6) is 0 Å². The first kappa shape index (κ1) is 13.9. The fourth-order valence-corrected chi connectivity index (χ4v) is 3.14. The Hall–Kier alpha value is -2.70. The molecule has 7 nitrogen and oxygen atoms in total. The van der Waals surface area contributed by atoms with Gasteiger partial charge in [0.15, 0.2) is 0 Å². The smallest absolute Gasteiger partial charge is 0.242 e. The minimum atomic E-state index is 0.139. The number of carbonyl (C=O) groups is 1. The van der Waals surface area contributed by atoms with Gasteiger partial charge in [-0.05, 0) is 25.0 Å². The molecule has 1 aliphatic heterocycles. The predicted octanol–water partition coefficient (Wildman–Crippen LogP) is 1.49. The monoisotopic (exact) mass is 310 g/mol. The number of carbonyl (C=O) groups excluding carboxylic acids is 1. The van der Waals surface area contributed by atoms with Gasteiger partial charge in [0.05, 0.1) is 35.8 Å². The van der Waals surface area contributed by atoms with Crippen LogP contribution in [0.15, 0.2) is 43.0 Å². The van der Waals surface area contributed by atoms with Crippen molar-refractivity contribution in [1.82, 2.24) is 29.4 Å². The molecule has 4 rings (SSSR count). The highest BCUT2D eigenvalue weighted by Gasteiger charge is 2.24. The maximum Gasteiger partial charge on any atom is 0.242 e. The van der Waals surface area contributed by atoms with Crippen LogP contribution < -0.4 is 0 Å². The highest BCUT2D eigenvalue weighted by Crippen LogP contribution is 2.21. The van der Waals surface area contributed by atoms with Gasteiger partial charge in [-0.2, -0.15) is 15.0 Å². The lowest BCUT2D eigenvalue weighted by Gasteiger charge is -2.31. The Balaban J connectivity index is 1.40. The standard InChI is InChI=1S/C16H18N6O/c23-16(11-21-12-17-14-3-1-2-4-15(14)21)20-9-5-13(6-10-20)22-18-7-8-19-22/h1-4,7-8,12-13H,5-6,9-11H2. The van der Waals surface area contributed by atoms with Gasteiger partial charge in [-0.15, -0.1) is 0 Å². The molecule has 1 aliphatic rings. The van der Waals surface area contributed by atoms with Crippen molar-refractivity contribution in [3.8, 4) is 0 Å². The van der Waals surface area contributed by atoms with Crippen molar-refractivity contribution in [2.75, 3.05) is 13.1 Å². The van der Waals surface area contributed by atoms with Gasteiger partial charge in [-0.25, -0.2) is 4.98 Å². The first-order valence-corrected chi connectivity index (χ1v) is 7.85. The molecule has 0 bridgehead atoms. The van der Waals surface area contributed by atoms with Gasteiger partial charge in [0, 0.05) is 13.1 Å². The molecule has 23 heavy (non-hydrogen) atoms. The van der Waals surface area contributed by atoms with E-state index in [1.165, 1.54) is 0 Å². The fraction of sp³-hybridized carbons (Fsp3) is 0.375. The van der Waals surface area contributed by atoms with Crippen LogP contribution in [-0.4, -0.2) is 48.4 Å². The number of fused-ring (bicyclic) bond motifs is 1. The van der Waals surface area contributed by atoms with Crippen molar-refractivity contribution in [3.63, 3.8) is 0 Å². The van der Waals surface area contributed by atoms with Crippen LogP contribution in [0.25, 0.3) is 11.0 Å². The number of aromatic nitrogens is 5. The van der Waals surface area contributed by atoms with Crippen molar-refractivity contribution in [2.45, 2.75) is 25.4 Å². The summed E-state index contributed by atoms with van der Waals surface area (Å²) < 4.78 is 1.92. The van der Waals surface area contributed by atoms with Crippen LogP contribution in [-0.2, 0) is 11.3 Å². The van der Waals surface area contributed by atoms with Crippen LogP contribution >= 0.6 is 0 Å². The molecule has 0 radical (unpaired) electrons. The Morgan fingerprint density at radius 2 is 1.87 bits per heavy atom. The van der Waals surface area contributed by atoms with Crippen LogP contribution in [0.3, 0.4) is 0 Å². The van der Waals surface area contributed by atoms with E-state index in [4.69, 9.17) is 0 Å². The van der Waals surface area contributed by atoms with Gasteiger partial charge in [-0.1, -0.05) is 12.1 Å². The molecule has 3 aromatic rings. The number of para-hydroxylation sites is 2. The molecule has 0 aliphatic carbocycles. The van der Waals surface area contributed by atoms with Crippen LogP contribution in [0.2, 0.25) is 0 Å². The van der Waals surface area contributed by atoms with Gasteiger partial charge in [0.25, 0.3) is 0 Å². The van der Waals surface area contributed by atoms with Crippen LogP contribution in [0.4, 0.5) is 0 Å². The zero-order valence-electron chi connectivity index (χ0n) is 12.7. The predicted molar refractivity (Wildman–Crippen MR) is 84.6 cm³/mol. The second kappa shape index (κ2) is 5.83. The topological polar surface area (TPSA) is 68.8 Å². The lowest BCUT2D eigenvalue weighted by molar-refractivity contribution is -0.133. The molecule has 0 saturated carbocycles. The molecule has 7 heteroatoms. The molecule has 0 N–H and O–H groups in total. The number of benzene rings is 1. The minimum Gasteiger partial charge on any atom is -0.341 e. The number of imidazole rings is 1. The molecule has 1 saturated heterocycles. The molecule has 0 spiro atoms. The van der Waals surface area contributed by atoms with Gasteiger partial charge in [0.2, 0.25) is 5.91 Å². The molecule has 0 atom stereocenters. The number of amides is 1. The Morgan fingerprint density at radius 3 is 2.65 bits per heavy atom. The fourth-order valence-electron chi connectivity index (χ4n) is 3.14. The van der Waals surface area contributed by atoms with E-state index in [-0.39, 0.29) is 5.91 Å². The Morgan fingerprint density at radius 1 is 1.13 bits per heavy atom. The Kier molecular flexibility index (Phi) is 3.53. The number of likely N-dealkylation sites (tertiary alicyclic amines) is 1. The molecular weight excluding hydrogens is 292 g/mol. The van der Waals surface area contributed by atoms with E-state index in [0.29, 0.717) is 12.6 Å². The lowest BCUT2D eigenvalue weighted by Crippen LogP contribution is -2.41. The molecule has 1 aromatic carbocycles. The van der Waals surface area contributed by atoms with Crippen molar-refractivity contribution in [2.24, 2.45) is 0 Å². The number of piperidine rings is 1. The average Bonchev–Trinajstić information content (AvgIpc) is 3.25. The van der Waals surface area contributed by atoms with Crippen LogP contribution in [0, 0.1) is 0 Å². The second-order valence-corrected chi connectivity index (χ2v) is 5.82. The number of hydrogen-bond donors (Lipinski definition) is 0. The molecule has 0 unspecified atom stereocenters. The van der Waals surface area contributed by atoms with E-state index in [1.54, 1.807) is 23.5 Å². The first-order chi connectivity index (χ1) is 11.3. The van der Waals surface area contributed by atoms with E-state index in [9.17, 15) is 4.79 Å². The molecule has 2 aromatic heterocycles. The summed E-state index contributed by atoms with van der Waals surface area (Å²) >= 11 is 0. The quantitative estimate of drug-likeness (QED) is 0.735. The number of rotatable bonds is 3. The van der Waals surface area contributed by atoms with E-state index in [0.717, 1.165) is 37.0 Å². The van der Waals surface area contributed by atoms with E-state index >= 15 is 0 Å². The summed E-state index contributed by atoms with van der Waals surface area (Å²) in [5.74, 6) is 0.139. The summed E-state index contributed by atoms with van der Waals surface area (Å²) in [6.07, 6.45) is 6.92. The lowest BCUT2D eigenvalue weighted by atomic mass is 10.1. The summed E-state index contributed by atoms with van der Waals surface area (Å²) in [4.78, 5) is 20.6. The van der Waals surface area contributed by atoms with E-state index in [2.05, 4.69) is 15.2 Å². The van der Waals surface area contributed by atoms with Gasteiger partial charge in [-0.3, -0.25) is 4.79 Å². The summed E-state index contributed by atoms with van der Waals surface area (Å²) in [7, 11) is 0. The molecule has 118 valence electrons. The summed E-state index contributed by atoms with van der Waals surface area (Å²) in [5.41, 5.74) is 1.92. The maximum absolute atomic E-state index is 12.5. The summed E-state index contributed by atoms with van der Waals surface area (Å²) in [6.45, 7) is 1.83. The molecule has 1 fully saturated rings. The van der Waals surface area contributed by atoms with Gasteiger partial charge < -0.3 is 9.47 Å². The minimum absolute atomic E-state index is 0.139. The maximum atomic E-state index is 12.5. The third-order valence-electron chi connectivity index (χ3n) is 4.41. The van der Waals surface area contributed by atoms with Crippen molar-refractivity contribution >= 4 is 16.9 Å².